The van der Waals surface area contributed by atoms with E-state index in [1.165, 1.54) is 12.3 Å². The summed E-state index contributed by atoms with van der Waals surface area (Å²) in [6.07, 6.45) is 5.63. The summed E-state index contributed by atoms with van der Waals surface area (Å²) in [6.45, 7) is 16.1. The number of hydrogen-bond acceptors (Lipinski definition) is 8. The van der Waals surface area contributed by atoms with Gasteiger partial charge in [-0.15, -0.1) is 5.10 Å². The topological polar surface area (TPSA) is 101 Å². The first-order chi connectivity index (χ1) is 21.5. The van der Waals surface area contributed by atoms with Crippen LogP contribution in [0.15, 0.2) is 36.5 Å². The van der Waals surface area contributed by atoms with Gasteiger partial charge in [0, 0.05) is 12.0 Å². The highest BCUT2D eigenvalue weighted by molar-refractivity contribution is 6.74. The minimum atomic E-state index is -2.09. The molecule has 0 radical (unpaired) electrons. The summed E-state index contributed by atoms with van der Waals surface area (Å²) in [5, 5.41) is 18.8. The molecule has 0 bridgehead atoms. The maximum Gasteiger partial charge on any atom is 0.192 e. The molecule has 0 spiro atoms. The fourth-order valence-corrected chi connectivity index (χ4v) is 6.89. The lowest BCUT2D eigenvalue weighted by atomic mass is 10.1. The van der Waals surface area contributed by atoms with E-state index in [2.05, 4.69) is 66.1 Å². The van der Waals surface area contributed by atoms with Gasteiger partial charge in [-0.2, -0.15) is 5.10 Å². The van der Waals surface area contributed by atoms with Gasteiger partial charge in [0.15, 0.2) is 20.6 Å². The van der Waals surface area contributed by atoms with E-state index in [9.17, 15) is 4.39 Å². The fourth-order valence-electron chi connectivity index (χ4n) is 5.88. The molecule has 12 heteroatoms. The molecular weight excluding hydrogens is 589 g/mol. The van der Waals surface area contributed by atoms with E-state index >= 15 is 0 Å². The Balaban J connectivity index is 1.38. The van der Waals surface area contributed by atoms with Crippen LogP contribution >= 0.6 is 0 Å². The third kappa shape index (κ3) is 6.70. The molecule has 4 aromatic rings. The van der Waals surface area contributed by atoms with Gasteiger partial charge in [0.25, 0.3) is 0 Å². The Labute approximate surface area is 265 Å². The lowest BCUT2D eigenvalue weighted by Crippen LogP contribution is -2.42. The van der Waals surface area contributed by atoms with E-state index in [1.807, 2.05) is 22.9 Å². The molecule has 2 aliphatic rings. The maximum absolute atomic E-state index is 13.8. The molecule has 5 heterocycles. The summed E-state index contributed by atoms with van der Waals surface area (Å²) in [4.78, 5) is 4.37. The number of piperidine rings is 1. The molecule has 6 rings (SSSR count). The van der Waals surface area contributed by atoms with Crippen LogP contribution in [-0.4, -0.2) is 64.4 Å². The van der Waals surface area contributed by atoms with E-state index in [0.29, 0.717) is 30.7 Å². The average Bonchev–Trinajstić information content (AvgIpc) is 3.60. The number of halogens is 1. The predicted molar refractivity (Wildman–Crippen MR) is 174 cm³/mol. The Morgan fingerprint density at radius 1 is 1.07 bits per heavy atom. The monoisotopic (exact) mass is 635 g/mol. The van der Waals surface area contributed by atoms with Crippen LogP contribution in [0.5, 0.6) is 5.75 Å². The number of rotatable bonds is 9. The molecule has 0 saturated carbocycles. The van der Waals surface area contributed by atoms with Crippen LogP contribution < -0.4 is 10.1 Å². The van der Waals surface area contributed by atoms with E-state index < -0.39 is 14.4 Å². The van der Waals surface area contributed by atoms with Gasteiger partial charge in [0.2, 0.25) is 0 Å². The molecule has 45 heavy (non-hydrogen) atoms. The molecule has 3 aromatic heterocycles. The van der Waals surface area contributed by atoms with Gasteiger partial charge in [-0.3, -0.25) is 4.98 Å². The Bertz CT molecular complexity index is 1600. The fraction of sp³-hybridized carbons (Fsp3) is 0.576. The zero-order valence-electron chi connectivity index (χ0n) is 27.3. The number of pyridine rings is 1. The molecule has 0 amide bonds. The van der Waals surface area contributed by atoms with Crippen molar-refractivity contribution >= 4 is 19.2 Å². The van der Waals surface area contributed by atoms with Crippen molar-refractivity contribution in [2.75, 3.05) is 26.3 Å². The molecule has 0 aliphatic carbocycles. The largest absolute Gasteiger partial charge is 0.482 e. The second-order valence-corrected chi connectivity index (χ2v) is 18.6. The highest BCUT2D eigenvalue weighted by atomic mass is 28.4. The number of fused-ring (bicyclic) bond motifs is 1. The number of nitrogens with one attached hydrogen (secondary N) is 1. The van der Waals surface area contributed by atoms with Crippen molar-refractivity contribution < 1.29 is 18.3 Å². The summed E-state index contributed by atoms with van der Waals surface area (Å²) >= 11 is 0. The molecule has 1 aromatic carbocycles. The van der Waals surface area contributed by atoms with Gasteiger partial charge >= 0.3 is 0 Å². The number of ether oxygens (including phenoxy) is 2. The van der Waals surface area contributed by atoms with Crippen LogP contribution in [0, 0.1) is 12.7 Å². The van der Waals surface area contributed by atoms with Crippen LogP contribution in [0.1, 0.15) is 82.6 Å². The van der Waals surface area contributed by atoms with Crippen molar-refractivity contribution in [2.45, 2.75) is 96.3 Å². The van der Waals surface area contributed by atoms with Gasteiger partial charge in [0.1, 0.15) is 23.0 Å². The molecule has 2 aliphatic heterocycles. The Morgan fingerprint density at radius 2 is 1.87 bits per heavy atom. The summed E-state index contributed by atoms with van der Waals surface area (Å²) < 4.78 is 37.3. The third-order valence-electron chi connectivity index (χ3n) is 9.67. The predicted octanol–water partition coefficient (Wildman–Crippen LogP) is 6.90. The Kier molecular flexibility index (Phi) is 9.11. The normalized spacial score (nSPS) is 19.2. The minimum absolute atomic E-state index is 0.0286. The van der Waals surface area contributed by atoms with E-state index in [1.54, 1.807) is 6.07 Å². The van der Waals surface area contributed by atoms with E-state index in [0.717, 1.165) is 73.2 Å². The summed E-state index contributed by atoms with van der Waals surface area (Å²) in [7, 11) is -2.09. The highest BCUT2D eigenvalue weighted by Crippen LogP contribution is 2.39. The molecule has 2 atom stereocenters. The number of benzene rings is 1. The van der Waals surface area contributed by atoms with Crippen LogP contribution in [0.25, 0.3) is 22.3 Å². The van der Waals surface area contributed by atoms with Crippen molar-refractivity contribution in [3.05, 3.63) is 53.7 Å². The summed E-state index contributed by atoms with van der Waals surface area (Å²) in [6, 6.07) is 9.40. The second kappa shape index (κ2) is 12.9. The minimum Gasteiger partial charge on any atom is -0.482 e. The summed E-state index contributed by atoms with van der Waals surface area (Å²) in [5.41, 5.74) is 4.09. The van der Waals surface area contributed by atoms with Crippen molar-refractivity contribution in [1.29, 1.82) is 0 Å². The number of aromatic nitrogens is 6. The lowest BCUT2D eigenvalue weighted by Gasteiger charge is -2.37. The summed E-state index contributed by atoms with van der Waals surface area (Å²) in [5.74, 6) is 0.255. The Morgan fingerprint density at radius 3 is 2.56 bits per heavy atom. The van der Waals surface area contributed by atoms with E-state index in [4.69, 9.17) is 19.0 Å². The van der Waals surface area contributed by atoms with Gasteiger partial charge < -0.3 is 19.2 Å². The lowest BCUT2D eigenvalue weighted by molar-refractivity contribution is -0.0365. The van der Waals surface area contributed by atoms with Gasteiger partial charge in [0.05, 0.1) is 35.8 Å². The second-order valence-electron chi connectivity index (χ2n) is 13.8. The molecule has 2 fully saturated rings. The van der Waals surface area contributed by atoms with Crippen molar-refractivity contribution in [3.8, 4) is 17.1 Å². The standard InChI is InChI=1S/C33H46FN7O3Si/c1-22-31(37-39-40(22)24-14-16-35-17-15-24)32-26-19-25(11-13-28(26)41(38-32)30-9-7-8-18-42-30)44-29(27-12-10-23(34)20-36-27)21-43-45(5,6)33(2,3)4/h10-13,19-20,24,29-30,35H,7-9,14-18,21H2,1-6H3/t29-,30?/m1/s1. The smallest absolute Gasteiger partial charge is 0.192 e. The first kappa shape index (κ1) is 31.8. The van der Waals surface area contributed by atoms with Crippen molar-refractivity contribution in [1.82, 2.24) is 35.1 Å². The zero-order valence-corrected chi connectivity index (χ0v) is 28.3. The van der Waals surface area contributed by atoms with Gasteiger partial charge in [-0.25, -0.2) is 13.8 Å². The first-order valence-corrected chi connectivity index (χ1v) is 19.1. The van der Waals surface area contributed by atoms with Crippen LogP contribution in [-0.2, 0) is 9.16 Å². The first-order valence-electron chi connectivity index (χ1n) is 16.2. The molecule has 2 saturated heterocycles. The quantitative estimate of drug-likeness (QED) is 0.198. The van der Waals surface area contributed by atoms with Crippen molar-refractivity contribution in [3.63, 3.8) is 0 Å². The Hall–Kier alpha value is -3.19. The van der Waals surface area contributed by atoms with Gasteiger partial charge in [-0.05, 0) is 101 Å². The molecular formula is C33H46FN7O3Si. The molecule has 10 nitrogen and oxygen atoms in total. The van der Waals surface area contributed by atoms with Crippen molar-refractivity contribution in [2.24, 2.45) is 0 Å². The zero-order chi connectivity index (χ0) is 31.8. The number of nitrogens with zero attached hydrogens (tertiary/aromatic N) is 6. The van der Waals surface area contributed by atoms with Crippen LogP contribution in [0.4, 0.5) is 4.39 Å². The SMILES string of the molecule is Cc1c(-c2nn(C3CCCCO3)c3ccc(O[C@H](CO[Si](C)(C)C(C)(C)C)c4ccc(F)cn4)cc23)nnn1C1CCNCC1. The number of hydrogen-bond donors (Lipinski definition) is 1. The van der Waals surface area contributed by atoms with Crippen LogP contribution in [0.3, 0.4) is 0 Å². The van der Waals surface area contributed by atoms with E-state index in [-0.39, 0.29) is 17.1 Å². The maximum atomic E-state index is 13.8. The third-order valence-corrected chi connectivity index (χ3v) is 14.2. The molecule has 1 unspecified atom stereocenters. The average molecular weight is 636 g/mol. The van der Waals surface area contributed by atoms with Crippen LogP contribution in [0.2, 0.25) is 18.1 Å². The molecule has 242 valence electrons. The van der Waals surface area contributed by atoms with Gasteiger partial charge in [-0.1, -0.05) is 26.0 Å². The highest BCUT2D eigenvalue weighted by Gasteiger charge is 2.38. The molecule has 1 N–H and O–H groups in total.